The number of para-hydroxylation sites is 1. The van der Waals surface area contributed by atoms with Gasteiger partial charge in [-0.15, -0.1) is 0 Å². The number of carbonyl (C=O) groups is 1. The first kappa shape index (κ1) is 14.1. The molecule has 1 aromatic heterocycles. The van der Waals surface area contributed by atoms with Crippen molar-refractivity contribution in [3.63, 3.8) is 0 Å². The molecule has 106 valence electrons. The van der Waals surface area contributed by atoms with Crippen molar-refractivity contribution in [1.29, 1.82) is 0 Å². The van der Waals surface area contributed by atoms with Crippen LogP contribution in [0.1, 0.15) is 30.0 Å². The normalized spacial score (nSPS) is 10.6. The van der Waals surface area contributed by atoms with E-state index in [1.165, 1.54) is 0 Å². The molecule has 2 aromatic rings. The predicted molar refractivity (Wildman–Crippen MR) is 79.6 cm³/mol. The number of carbonyl (C=O) groups excluding carboxylic acids is 1. The fourth-order valence-corrected chi connectivity index (χ4v) is 1.99. The summed E-state index contributed by atoms with van der Waals surface area (Å²) in [6.07, 6.45) is 3.43. The van der Waals surface area contributed by atoms with Gasteiger partial charge in [-0.05, 0) is 26.0 Å². The van der Waals surface area contributed by atoms with Crippen LogP contribution in [0.25, 0.3) is 0 Å². The molecule has 20 heavy (non-hydrogen) atoms. The number of amides is 1. The van der Waals surface area contributed by atoms with E-state index in [1.54, 1.807) is 24.3 Å². The van der Waals surface area contributed by atoms with Crippen LogP contribution in [0.15, 0.2) is 36.7 Å². The number of anilines is 1. The van der Waals surface area contributed by atoms with Crippen molar-refractivity contribution in [3.05, 3.63) is 48.0 Å². The highest BCUT2D eigenvalue weighted by atomic mass is 16.2. The highest BCUT2D eigenvalue weighted by molar-refractivity contribution is 5.99. The highest BCUT2D eigenvalue weighted by Gasteiger charge is 2.16. The summed E-state index contributed by atoms with van der Waals surface area (Å²) in [5.74, 6) is 0.750. The molecule has 1 amide bonds. The third kappa shape index (κ3) is 3.38. The van der Waals surface area contributed by atoms with Crippen molar-refractivity contribution < 1.29 is 4.79 Å². The maximum Gasteiger partial charge on any atom is 0.256 e. The number of hydrogen-bond donors (Lipinski definition) is 2. The summed E-state index contributed by atoms with van der Waals surface area (Å²) in [4.78, 5) is 21.3. The summed E-state index contributed by atoms with van der Waals surface area (Å²) in [7, 11) is 1.77. The number of H-pyrrole nitrogens is 1. The van der Waals surface area contributed by atoms with E-state index in [2.05, 4.69) is 15.3 Å². The molecule has 2 rings (SSSR count). The summed E-state index contributed by atoms with van der Waals surface area (Å²) >= 11 is 0. The average molecular weight is 272 g/mol. The molecule has 0 aliphatic rings. The second-order valence-electron chi connectivity index (χ2n) is 5.04. The molecule has 0 fully saturated rings. The molecule has 0 saturated carbocycles. The van der Waals surface area contributed by atoms with Crippen LogP contribution in [0.4, 0.5) is 5.69 Å². The van der Waals surface area contributed by atoms with Crippen LogP contribution in [-0.2, 0) is 6.54 Å². The minimum Gasteiger partial charge on any atom is -0.382 e. The summed E-state index contributed by atoms with van der Waals surface area (Å²) < 4.78 is 0. The molecule has 0 aliphatic carbocycles. The zero-order chi connectivity index (χ0) is 14.5. The van der Waals surface area contributed by atoms with Gasteiger partial charge in [0.1, 0.15) is 5.82 Å². The Kier molecular flexibility index (Phi) is 4.40. The molecule has 1 aromatic carbocycles. The van der Waals surface area contributed by atoms with Gasteiger partial charge in [-0.25, -0.2) is 4.98 Å². The third-order valence-electron chi connectivity index (χ3n) is 2.89. The van der Waals surface area contributed by atoms with Gasteiger partial charge in [0.15, 0.2) is 0 Å². The zero-order valence-electron chi connectivity index (χ0n) is 12.1. The third-order valence-corrected chi connectivity index (χ3v) is 2.89. The topological polar surface area (TPSA) is 61.0 Å². The zero-order valence-corrected chi connectivity index (χ0v) is 12.1. The van der Waals surface area contributed by atoms with Gasteiger partial charge in [0.2, 0.25) is 0 Å². The molecule has 0 radical (unpaired) electrons. The van der Waals surface area contributed by atoms with Crippen LogP contribution >= 0.6 is 0 Å². The fourth-order valence-electron chi connectivity index (χ4n) is 1.99. The number of aromatic nitrogens is 2. The maximum absolute atomic E-state index is 12.5. The van der Waals surface area contributed by atoms with Crippen LogP contribution in [0.2, 0.25) is 0 Å². The lowest BCUT2D eigenvalue weighted by Crippen LogP contribution is -2.28. The van der Waals surface area contributed by atoms with E-state index in [0.717, 1.165) is 11.5 Å². The number of nitrogens with one attached hydrogen (secondary N) is 2. The number of imidazole rings is 1. The van der Waals surface area contributed by atoms with Gasteiger partial charge < -0.3 is 15.2 Å². The van der Waals surface area contributed by atoms with Gasteiger partial charge in [0.25, 0.3) is 5.91 Å². The SMILES string of the molecule is CC(C)Nc1ccccc1C(=O)N(C)Cc1ncc[nH]1. The second kappa shape index (κ2) is 6.23. The summed E-state index contributed by atoms with van der Waals surface area (Å²) in [6.45, 7) is 4.56. The Balaban J connectivity index is 2.15. The van der Waals surface area contributed by atoms with Gasteiger partial charge in [-0.3, -0.25) is 4.79 Å². The molecule has 0 bridgehead atoms. The number of hydrogen-bond acceptors (Lipinski definition) is 3. The van der Waals surface area contributed by atoms with Crippen LogP contribution < -0.4 is 5.32 Å². The van der Waals surface area contributed by atoms with Gasteiger partial charge >= 0.3 is 0 Å². The Morgan fingerprint density at radius 2 is 2.15 bits per heavy atom. The van der Waals surface area contributed by atoms with Gasteiger partial charge in [-0.1, -0.05) is 12.1 Å². The van der Waals surface area contributed by atoms with E-state index in [4.69, 9.17) is 0 Å². The van der Waals surface area contributed by atoms with Crippen LogP contribution in [0.3, 0.4) is 0 Å². The van der Waals surface area contributed by atoms with Crippen LogP contribution in [0.5, 0.6) is 0 Å². The molecule has 2 N–H and O–H groups in total. The molecular weight excluding hydrogens is 252 g/mol. The van der Waals surface area contributed by atoms with E-state index >= 15 is 0 Å². The molecule has 0 atom stereocenters. The molecule has 5 heteroatoms. The Morgan fingerprint density at radius 3 is 2.80 bits per heavy atom. The molecule has 0 unspecified atom stereocenters. The second-order valence-corrected chi connectivity index (χ2v) is 5.04. The van der Waals surface area contributed by atoms with Crippen molar-refractivity contribution in [1.82, 2.24) is 14.9 Å². The Morgan fingerprint density at radius 1 is 1.40 bits per heavy atom. The van der Waals surface area contributed by atoms with Gasteiger partial charge in [0.05, 0.1) is 12.1 Å². The predicted octanol–water partition coefficient (Wildman–Crippen LogP) is 2.50. The van der Waals surface area contributed by atoms with E-state index < -0.39 is 0 Å². The minimum absolute atomic E-state index is 0.0230. The van der Waals surface area contributed by atoms with Crippen molar-refractivity contribution in [2.75, 3.05) is 12.4 Å². The van der Waals surface area contributed by atoms with E-state index in [0.29, 0.717) is 12.1 Å². The first-order chi connectivity index (χ1) is 9.58. The van der Waals surface area contributed by atoms with E-state index in [9.17, 15) is 4.79 Å². The standard InChI is InChI=1S/C15H20N4O/c1-11(2)18-13-7-5-4-6-12(13)15(20)19(3)10-14-16-8-9-17-14/h4-9,11,18H,10H2,1-3H3,(H,16,17). The summed E-state index contributed by atoms with van der Waals surface area (Å²) in [5, 5.41) is 3.30. The first-order valence-electron chi connectivity index (χ1n) is 6.67. The lowest BCUT2D eigenvalue weighted by Gasteiger charge is -2.19. The van der Waals surface area contributed by atoms with Gasteiger partial charge in [-0.2, -0.15) is 0 Å². The van der Waals surface area contributed by atoms with Crippen molar-refractivity contribution in [2.24, 2.45) is 0 Å². The number of nitrogens with zero attached hydrogens (tertiary/aromatic N) is 2. The monoisotopic (exact) mass is 272 g/mol. The molecule has 0 spiro atoms. The van der Waals surface area contributed by atoms with Crippen LogP contribution in [-0.4, -0.2) is 33.9 Å². The van der Waals surface area contributed by atoms with Gasteiger partial charge in [0, 0.05) is 31.2 Å². The van der Waals surface area contributed by atoms with E-state index in [1.807, 2.05) is 38.1 Å². The maximum atomic E-state index is 12.5. The molecule has 5 nitrogen and oxygen atoms in total. The van der Waals surface area contributed by atoms with Crippen LogP contribution in [0, 0.1) is 0 Å². The Hall–Kier alpha value is -2.30. The Labute approximate surface area is 119 Å². The highest BCUT2D eigenvalue weighted by Crippen LogP contribution is 2.18. The number of aromatic amines is 1. The molecule has 0 saturated heterocycles. The molecular formula is C15H20N4O. The van der Waals surface area contributed by atoms with Crippen molar-refractivity contribution >= 4 is 11.6 Å². The van der Waals surface area contributed by atoms with E-state index in [-0.39, 0.29) is 11.9 Å². The number of benzene rings is 1. The summed E-state index contributed by atoms with van der Waals surface area (Å²) in [6, 6.07) is 7.84. The molecule has 1 heterocycles. The quantitative estimate of drug-likeness (QED) is 0.879. The fraction of sp³-hybridized carbons (Fsp3) is 0.333. The lowest BCUT2D eigenvalue weighted by atomic mass is 10.1. The Bertz CT molecular complexity index is 563. The van der Waals surface area contributed by atoms with Crippen molar-refractivity contribution in [2.45, 2.75) is 26.4 Å². The lowest BCUT2D eigenvalue weighted by molar-refractivity contribution is 0.0783. The number of rotatable bonds is 5. The average Bonchev–Trinajstić information content (AvgIpc) is 2.90. The van der Waals surface area contributed by atoms with Crippen molar-refractivity contribution in [3.8, 4) is 0 Å². The largest absolute Gasteiger partial charge is 0.382 e. The summed E-state index contributed by atoms with van der Waals surface area (Å²) in [5.41, 5.74) is 1.54. The first-order valence-corrected chi connectivity index (χ1v) is 6.67. The smallest absolute Gasteiger partial charge is 0.256 e. The minimum atomic E-state index is -0.0230. The molecule has 0 aliphatic heterocycles.